The normalized spacial score (nSPS) is 16.7. The minimum absolute atomic E-state index is 0.0178. The Morgan fingerprint density at radius 2 is 1.79 bits per heavy atom. The van der Waals surface area contributed by atoms with Crippen molar-refractivity contribution in [2.24, 2.45) is 0 Å². The fraction of sp³-hybridized carbons (Fsp3) is 0.348. The minimum Gasteiger partial charge on any atom is -0.493 e. The first-order valence-electron chi connectivity index (χ1n) is 9.84. The maximum atomic E-state index is 5.84. The molecule has 0 amide bonds. The summed E-state index contributed by atoms with van der Waals surface area (Å²) in [5.74, 6) is 1.98. The zero-order chi connectivity index (χ0) is 20.2. The fourth-order valence-corrected chi connectivity index (χ4v) is 4.21. The SMILES string of the molecule is COc1ccc(C2c3cccn3CCCN2Cc2ccccn2)c(OC)c1OC. The number of aromatic nitrogens is 2. The standard InChI is InChI=1S/C23H27N3O3/c1-27-20-11-10-18(22(28-2)23(20)29-3)21-19-9-6-13-25(19)14-7-15-26(21)16-17-8-4-5-12-24-17/h4-6,8-13,21H,7,14-16H2,1-3H3. The Morgan fingerprint density at radius 1 is 0.931 bits per heavy atom. The van der Waals surface area contributed by atoms with E-state index in [1.165, 1.54) is 5.69 Å². The van der Waals surface area contributed by atoms with Gasteiger partial charge in [0.2, 0.25) is 5.75 Å². The van der Waals surface area contributed by atoms with Gasteiger partial charge in [0, 0.05) is 43.3 Å². The van der Waals surface area contributed by atoms with Crippen LogP contribution in [-0.4, -0.2) is 42.3 Å². The van der Waals surface area contributed by atoms with Gasteiger partial charge in [0.1, 0.15) is 0 Å². The second-order valence-corrected chi connectivity index (χ2v) is 7.10. The van der Waals surface area contributed by atoms with Gasteiger partial charge >= 0.3 is 0 Å². The molecule has 152 valence electrons. The van der Waals surface area contributed by atoms with Crippen molar-refractivity contribution >= 4 is 0 Å². The number of ether oxygens (including phenoxy) is 3. The molecule has 0 aliphatic carbocycles. The molecule has 0 spiro atoms. The Hall–Kier alpha value is -2.99. The molecule has 0 N–H and O–H groups in total. The van der Waals surface area contributed by atoms with Gasteiger partial charge in [-0.25, -0.2) is 0 Å². The maximum absolute atomic E-state index is 5.84. The molecule has 3 aromatic rings. The van der Waals surface area contributed by atoms with Gasteiger partial charge in [-0.1, -0.05) is 6.07 Å². The summed E-state index contributed by atoms with van der Waals surface area (Å²) in [6.45, 7) is 2.71. The quantitative estimate of drug-likeness (QED) is 0.636. The Labute approximate surface area is 171 Å². The highest BCUT2D eigenvalue weighted by Gasteiger charge is 2.32. The van der Waals surface area contributed by atoms with Crippen molar-refractivity contribution in [3.05, 3.63) is 71.8 Å². The van der Waals surface area contributed by atoms with Crippen LogP contribution in [0.5, 0.6) is 17.2 Å². The monoisotopic (exact) mass is 393 g/mol. The number of pyridine rings is 1. The molecule has 6 heteroatoms. The first kappa shape index (κ1) is 19.3. The minimum atomic E-state index is 0.0178. The van der Waals surface area contributed by atoms with Crippen LogP contribution in [0.4, 0.5) is 0 Å². The van der Waals surface area contributed by atoms with Crippen molar-refractivity contribution in [2.75, 3.05) is 27.9 Å². The lowest BCUT2D eigenvalue weighted by Gasteiger charge is -2.31. The lowest BCUT2D eigenvalue weighted by Crippen LogP contribution is -2.30. The number of fused-ring (bicyclic) bond motifs is 1. The summed E-state index contributed by atoms with van der Waals surface area (Å²) >= 11 is 0. The summed E-state index contributed by atoms with van der Waals surface area (Å²) in [6, 6.07) is 14.4. The van der Waals surface area contributed by atoms with E-state index in [1.807, 2.05) is 24.4 Å². The summed E-state index contributed by atoms with van der Waals surface area (Å²) in [5, 5.41) is 0. The van der Waals surface area contributed by atoms with E-state index in [0.29, 0.717) is 17.2 Å². The van der Waals surface area contributed by atoms with Crippen molar-refractivity contribution in [3.8, 4) is 17.2 Å². The van der Waals surface area contributed by atoms with Crippen molar-refractivity contribution in [1.82, 2.24) is 14.5 Å². The number of aryl methyl sites for hydroxylation is 1. The van der Waals surface area contributed by atoms with Crippen molar-refractivity contribution in [1.29, 1.82) is 0 Å². The van der Waals surface area contributed by atoms with Crippen molar-refractivity contribution in [3.63, 3.8) is 0 Å². The predicted octanol–water partition coefficient (Wildman–Crippen LogP) is 3.90. The molecule has 0 radical (unpaired) electrons. The molecular formula is C23H27N3O3. The third-order valence-corrected chi connectivity index (χ3v) is 5.47. The van der Waals surface area contributed by atoms with Gasteiger partial charge in [-0.15, -0.1) is 0 Å². The van der Waals surface area contributed by atoms with Crippen LogP contribution in [0.3, 0.4) is 0 Å². The molecule has 1 aliphatic rings. The van der Waals surface area contributed by atoms with Crippen LogP contribution < -0.4 is 14.2 Å². The van der Waals surface area contributed by atoms with E-state index in [2.05, 4.69) is 44.9 Å². The lowest BCUT2D eigenvalue weighted by molar-refractivity contribution is 0.212. The number of rotatable bonds is 6. The molecule has 1 unspecified atom stereocenters. The first-order valence-corrected chi connectivity index (χ1v) is 9.84. The highest BCUT2D eigenvalue weighted by molar-refractivity contribution is 5.58. The van der Waals surface area contributed by atoms with Gasteiger partial charge in [0.25, 0.3) is 0 Å². The highest BCUT2D eigenvalue weighted by atomic mass is 16.5. The van der Waals surface area contributed by atoms with Gasteiger partial charge < -0.3 is 18.8 Å². The van der Waals surface area contributed by atoms with Crippen molar-refractivity contribution < 1.29 is 14.2 Å². The highest BCUT2D eigenvalue weighted by Crippen LogP contribution is 2.46. The number of hydrogen-bond donors (Lipinski definition) is 0. The zero-order valence-electron chi connectivity index (χ0n) is 17.2. The Balaban J connectivity index is 1.85. The van der Waals surface area contributed by atoms with Gasteiger partial charge in [0.05, 0.1) is 33.1 Å². The van der Waals surface area contributed by atoms with E-state index in [0.717, 1.165) is 37.3 Å². The van der Waals surface area contributed by atoms with Gasteiger partial charge in [-0.2, -0.15) is 0 Å². The smallest absolute Gasteiger partial charge is 0.203 e. The van der Waals surface area contributed by atoms with Crippen LogP contribution >= 0.6 is 0 Å². The molecule has 0 saturated heterocycles. The molecule has 29 heavy (non-hydrogen) atoms. The third kappa shape index (κ3) is 3.68. The van der Waals surface area contributed by atoms with Crippen LogP contribution in [0.15, 0.2) is 54.9 Å². The van der Waals surface area contributed by atoms with Crippen LogP contribution in [0.1, 0.15) is 29.4 Å². The molecular weight excluding hydrogens is 366 g/mol. The van der Waals surface area contributed by atoms with Gasteiger partial charge in [-0.05, 0) is 42.8 Å². The molecule has 4 rings (SSSR count). The molecule has 0 fully saturated rings. The maximum Gasteiger partial charge on any atom is 0.203 e. The lowest BCUT2D eigenvalue weighted by atomic mass is 9.99. The second-order valence-electron chi connectivity index (χ2n) is 7.10. The van der Waals surface area contributed by atoms with E-state index in [1.54, 1.807) is 21.3 Å². The van der Waals surface area contributed by atoms with Crippen LogP contribution in [0, 0.1) is 0 Å². The second kappa shape index (κ2) is 8.57. The van der Waals surface area contributed by atoms with Crippen LogP contribution in [0.2, 0.25) is 0 Å². The molecule has 1 aromatic carbocycles. The van der Waals surface area contributed by atoms with E-state index >= 15 is 0 Å². The average Bonchev–Trinajstić information content (AvgIpc) is 3.15. The van der Waals surface area contributed by atoms with Crippen LogP contribution in [0.25, 0.3) is 0 Å². The fourth-order valence-electron chi connectivity index (χ4n) is 4.21. The molecule has 3 heterocycles. The Morgan fingerprint density at radius 3 is 2.52 bits per heavy atom. The summed E-state index contributed by atoms with van der Waals surface area (Å²) in [7, 11) is 4.96. The zero-order valence-corrected chi connectivity index (χ0v) is 17.2. The Kier molecular flexibility index (Phi) is 5.71. The number of hydrogen-bond acceptors (Lipinski definition) is 5. The van der Waals surface area contributed by atoms with E-state index in [9.17, 15) is 0 Å². The van der Waals surface area contributed by atoms with E-state index in [4.69, 9.17) is 14.2 Å². The Bertz CT molecular complexity index is 955. The summed E-state index contributed by atoms with van der Waals surface area (Å²) < 4.78 is 19.3. The molecule has 6 nitrogen and oxygen atoms in total. The number of nitrogens with zero attached hydrogens (tertiary/aromatic N) is 3. The van der Waals surface area contributed by atoms with Crippen molar-refractivity contribution in [2.45, 2.75) is 25.6 Å². The third-order valence-electron chi connectivity index (χ3n) is 5.47. The van der Waals surface area contributed by atoms with E-state index < -0.39 is 0 Å². The van der Waals surface area contributed by atoms with E-state index in [-0.39, 0.29) is 6.04 Å². The van der Waals surface area contributed by atoms with Gasteiger partial charge in [-0.3, -0.25) is 9.88 Å². The number of benzene rings is 1. The summed E-state index contributed by atoms with van der Waals surface area (Å²) in [4.78, 5) is 7.02. The largest absolute Gasteiger partial charge is 0.493 e. The summed E-state index contributed by atoms with van der Waals surface area (Å²) in [5.41, 5.74) is 3.35. The number of methoxy groups -OCH3 is 3. The summed E-state index contributed by atoms with van der Waals surface area (Å²) in [6.07, 6.45) is 5.07. The molecule has 1 aliphatic heterocycles. The molecule has 0 bridgehead atoms. The average molecular weight is 393 g/mol. The predicted molar refractivity (Wildman–Crippen MR) is 112 cm³/mol. The van der Waals surface area contributed by atoms with Gasteiger partial charge in [0.15, 0.2) is 11.5 Å². The first-order chi connectivity index (χ1) is 14.3. The topological polar surface area (TPSA) is 48.8 Å². The molecule has 2 aromatic heterocycles. The van der Waals surface area contributed by atoms with Crippen LogP contribution in [-0.2, 0) is 13.1 Å². The molecule has 0 saturated carbocycles. The molecule has 1 atom stereocenters.